The molecule has 1 aromatic carbocycles. The summed E-state index contributed by atoms with van der Waals surface area (Å²) >= 11 is 3.19. The van der Waals surface area contributed by atoms with Crippen molar-refractivity contribution in [1.82, 2.24) is 10.3 Å². The van der Waals surface area contributed by atoms with E-state index >= 15 is 0 Å². The Morgan fingerprint density at radius 1 is 1.22 bits per heavy atom. The standard InChI is InChI=1S/C17H15FN2OS2/c18-13-4-1-3-12(9-13)6-7-19-16(21)10-14-11-23-17(20-14)15-5-2-8-22-15/h1-5,8-9,11H,6-7,10H2,(H,19,21). The Hall–Kier alpha value is -2.05. The van der Waals surface area contributed by atoms with Crippen molar-refractivity contribution in [2.24, 2.45) is 0 Å². The molecule has 1 N–H and O–H groups in total. The van der Waals surface area contributed by atoms with Gasteiger partial charge in [-0.1, -0.05) is 18.2 Å². The molecule has 0 radical (unpaired) electrons. The average molecular weight is 346 g/mol. The summed E-state index contributed by atoms with van der Waals surface area (Å²) < 4.78 is 13.1. The van der Waals surface area contributed by atoms with Gasteiger partial charge in [0.1, 0.15) is 10.8 Å². The molecule has 2 heterocycles. The molecular weight excluding hydrogens is 331 g/mol. The van der Waals surface area contributed by atoms with Gasteiger partial charge in [-0.05, 0) is 35.6 Å². The van der Waals surface area contributed by atoms with Crippen molar-refractivity contribution in [2.45, 2.75) is 12.8 Å². The van der Waals surface area contributed by atoms with E-state index in [9.17, 15) is 9.18 Å². The predicted molar refractivity (Wildman–Crippen MR) is 92.2 cm³/mol. The van der Waals surface area contributed by atoms with Crippen LogP contribution in [0.2, 0.25) is 0 Å². The van der Waals surface area contributed by atoms with Gasteiger partial charge in [-0.3, -0.25) is 4.79 Å². The third kappa shape index (κ3) is 4.46. The van der Waals surface area contributed by atoms with Gasteiger partial charge >= 0.3 is 0 Å². The molecule has 23 heavy (non-hydrogen) atoms. The molecule has 0 bridgehead atoms. The highest BCUT2D eigenvalue weighted by molar-refractivity contribution is 7.20. The summed E-state index contributed by atoms with van der Waals surface area (Å²) in [5, 5.41) is 7.72. The Labute approximate surface area is 141 Å². The van der Waals surface area contributed by atoms with E-state index < -0.39 is 0 Å². The second-order valence-electron chi connectivity index (χ2n) is 5.03. The van der Waals surface area contributed by atoms with Crippen LogP contribution in [-0.2, 0) is 17.6 Å². The molecule has 0 saturated heterocycles. The molecule has 0 fully saturated rings. The van der Waals surface area contributed by atoms with Crippen LogP contribution in [0.5, 0.6) is 0 Å². The van der Waals surface area contributed by atoms with Gasteiger partial charge < -0.3 is 5.32 Å². The normalized spacial score (nSPS) is 10.7. The molecular formula is C17H15FN2OS2. The summed E-state index contributed by atoms with van der Waals surface area (Å²) in [6.07, 6.45) is 0.881. The monoisotopic (exact) mass is 346 g/mol. The molecule has 0 saturated carbocycles. The van der Waals surface area contributed by atoms with Gasteiger partial charge in [0.25, 0.3) is 0 Å². The Morgan fingerprint density at radius 3 is 2.91 bits per heavy atom. The molecule has 3 rings (SSSR count). The van der Waals surface area contributed by atoms with Crippen molar-refractivity contribution in [3.05, 3.63) is 64.2 Å². The summed E-state index contributed by atoms with van der Waals surface area (Å²) in [6, 6.07) is 10.4. The zero-order valence-corrected chi connectivity index (χ0v) is 13.9. The van der Waals surface area contributed by atoms with Crippen molar-refractivity contribution < 1.29 is 9.18 Å². The molecule has 3 nitrogen and oxygen atoms in total. The number of thiazole rings is 1. The molecule has 1 amide bonds. The molecule has 6 heteroatoms. The summed E-state index contributed by atoms with van der Waals surface area (Å²) in [5.74, 6) is -0.318. The van der Waals surface area contributed by atoms with Gasteiger partial charge in [-0.25, -0.2) is 9.37 Å². The summed E-state index contributed by atoms with van der Waals surface area (Å²) in [6.45, 7) is 0.490. The number of carbonyl (C=O) groups is 1. The number of halogens is 1. The number of hydrogen-bond acceptors (Lipinski definition) is 4. The first-order valence-electron chi connectivity index (χ1n) is 7.20. The summed E-state index contributed by atoms with van der Waals surface area (Å²) in [4.78, 5) is 17.6. The Bertz CT molecular complexity index is 784. The van der Waals surface area contributed by atoms with E-state index in [1.165, 1.54) is 12.1 Å². The minimum atomic E-state index is -0.252. The second kappa shape index (κ2) is 7.48. The minimum absolute atomic E-state index is 0.0653. The topological polar surface area (TPSA) is 42.0 Å². The van der Waals surface area contributed by atoms with Gasteiger partial charge in [-0.2, -0.15) is 0 Å². The van der Waals surface area contributed by atoms with E-state index in [0.717, 1.165) is 21.1 Å². The number of aromatic nitrogens is 1. The molecule has 3 aromatic rings. The lowest BCUT2D eigenvalue weighted by Crippen LogP contribution is -2.27. The third-order valence-corrected chi connectivity index (χ3v) is 5.18. The Balaban J connectivity index is 1.48. The van der Waals surface area contributed by atoms with Crippen LogP contribution < -0.4 is 5.32 Å². The highest BCUT2D eigenvalue weighted by Crippen LogP contribution is 2.27. The van der Waals surface area contributed by atoms with Crippen molar-refractivity contribution >= 4 is 28.6 Å². The van der Waals surface area contributed by atoms with Crippen LogP contribution in [0.1, 0.15) is 11.3 Å². The molecule has 0 unspecified atom stereocenters. The molecule has 0 aliphatic rings. The number of amides is 1. The lowest BCUT2D eigenvalue weighted by Gasteiger charge is -2.04. The van der Waals surface area contributed by atoms with Crippen molar-refractivity contribution in [3.63, 3.8) is 0 Å². The van der Waals surface area contributed by atoms with Gasteiger partial charge in [0, 0.05) is 11.9 Å². The van der Waals surface area contributed by atoms with Crippen LogP contribution in [0.4, 0.5) is 4.39 Å². The zero-order chi connectivity index (χ0) is 16.1. The molecule has 0 aliphatic carbocycles. The fourth-order valence-corrected chi connectivity index (χ4v) is 3.80. The van der Waals surface area contributed by atoms with E-state index in [0.29, 0.717) is 13.0 Å². The summed E-state index contributed by atoms with van der Waals surface area (Å²) in [5.41, 5.74) is 1.65. The molecule has 0 aliphatic heterocycles. The van der Waals surface area contributed by atoms with Gasteiger partial charge in [0.15, 0.2) is 0 Å². The number of rotatable bonds is 6. The number of thiophene rings is 1. The van der Waals surface area contributed by atoms with E-state index in [1.807, 2.05) is 29.0 Å². The van der Waals surface area contributed by atoms with E-state index in [2.05, 4.69) is 10.3 Å². The largest absolute Gasteiger partial charge is 0.355 e. The van der Waals surface area contributed by atoms with Crippen LogP contribution in [0.25, 0.3) is 9.88 Å². The average Bonchev–Trinajstić information content (AvgIpc) is 3.18. The zero-order valence-electron chi connectivity index (χ0n) is 12.3. The van der Waals surface area contributed by atoms with E-state index in [1.54, 1.807) is 28.7 Å². The predicted octanol–water partition coefficient (Wildman–Crippen LogP) is 3.91. The van der Waals surface area contributed by atoms with Gasteiger partial charge in [0.05, 0.1) is 17.0 Å². The van der Waals surface area contributed by atoms with Crippen LogP contribution >= 0.6 is 22.7 Å². The molecule has 0 atom stereocenters. The number of nitrogens with one attached hydrogen (secondary N) is 1. The number of benzene rings is 1. The van der Waals surface area contributed by atoms with Crippen LogP contribution in [0.3, 0.4) is 0 Å². The number of hydrogen-bond donors (Lipinski definition) is 1. The lowest BCUT2D eigenvalue weighted by molar-refractivity contribution is -0.120. The number of nitrogens with zero attached hydrogens (tertiary/aromatic N) is 1. The first kappa shape index (κ1) is 15.8. The Kier molecular flexibility index (Phi) is 5.15. The Morgan fingerprint density at radius 2 is 2.13 bits per heavy atom. The maximum absolute atomic E-state index is 13.1. The molecule has 118 valence electrons. The highest BCUT2D eigenvalue weighted by atomic mass is 32.1. The maximum atomic E-state index is 13.1. The fourth-order valence-electron chi connectivity index (χ4n) is 2.17. The highest BCUT2D eigenvalue weighted by Gasteiger charge is 2.09. The fraction of sp³-hybridized carbons (Fsp3) is 0.176. The molecule has 2 aromatic heterocycles. The van der Waals surface area contributed by atoms with Crippen molar-refractivity contribution in [3.8, 4) is 9.88 Å². The smallest absolute Gasteiger partial charge is 0.226 e. The molecule has 0 spiro atoms. The van der Waals surface area contributed by atoms with Crippen molar-refractivity contribution in [1.29, 1.82) is 0 Å². The van der Waals surface area contributed by atoms with E-state index in [-0.39, 0.29) is 18.1 Å². The first-order chi connectivity index (χ1) is 11.2. The first-order valence-corrected chi connectivity index (χ1v) is 8.96. The lowest BCUT2D eigenvalue weighted by atomic mass is 10.1. The quantitative estimate of drug-likeness (QED) is 0.735. The SMILES string of the molecule is O=C(Cc1csc(-c2cccs2)n1)NCCc1cccc(F)c1. The van der Waals surface area contributed by atoms with E-state index in [4.69, 9.17) is 0 Å². The minimum Gasteiger partial charge on any atom is -0.355 e. The van der Waals surface area contributed by atoms with Crippen LogP contribution in [0, 0.1) is 5.82 Å². The van der Waals surface area contributed by atoms with Gasteiger partial charge in [-0.15, -0.1) is 22.7 Å². The second-order valence-corrected chi connectivity index (χ2v) is 6.83. The van der Waals surface area contributed by atoms with Gasteiger partial charge in [0.2, 0.25) is 5.91 Å². The van der Waals surface area contributed by atoms with Crippen LogP contribution in [-0.4, -0.2) is 17.4 Å². The summed E-state index contributed by atoms with van der Waals surface area (Å²) in [7, 11) is 0. The maximum Gasteiger partial charge on any atom is 0.226 e. The third-order valence-electron chi connectivity index (χ3n) is 3.25. The van der Waals surface area contributed by atoms with Crippen molar-refractivity contribution in [2.75, 3.05) is 6.54 Å². The van der Waals surface area contributed by atoms with Crippen LogP contribution in [0.15, 0.2) is 47.2 Å². The number of carbonyl (C=O) groups excluding carboxylic acids is 1.